The molecule has 1 fully saturated rings. The van der Waals surface area contributed by atoms with Gasteiger partial charge in [-0.25, -0.2) is 4.39 Å². The Bertz CT molecular complexity index is 555. The molecule has 2 aromatic rings. The van der Waals surface area contributed by atoms with Gasteiger partial charge < -0.3 is 10.3 Å². The molecule has 2 N–H and O–H groups in total. The minimum absolute atomic E-state index is 0.0502. The zero-order valence-electron chi connectivity index (χ0n) is 9.99. The van der Waals surface area contributed by atoms with Crippen LogP contribution in [-0.4, -0.2) is 4.57 Å². The van der Waals surface area contributed by atoms with Crippen molar-refractivity contribution in [2.45, 2.75) is 25.3 Å². The lowest BCUT2D eigenvalue weighted by molar-refractivity contribution is 0.265. The van der Waals surface area contributed by atoms with E-state index >= 15 is 0 Å². The zero-order chi connectivity index (χ0) is 12.0. The van der Waals surface area contributed by atoms with Gasteiger partial charge >= 0.3 is 0 Å². The van der Waals surface area contributed by atoms with Crippen LogP contribution < -0.4 is 5.73 Å². The van der Waals surface area contributed by atoms with Gasteiger partial charge in [0.05, 0.1) is 5.52 Å². The van der Waals surface area contributed by atoms with Crippen LogP contribution in [0, 0.1) is 11.7 Å². The smallest absolute Gasteiger partial charge is 0.147 e. The minimum Gasteiger partial charge on any atom is -0.348 e. The fraction of sp³-hybridized carbons (Fsp3) is 0.429. The van der Waals surface area contributed by atoms with E-state index in [4.69, 9.17) is 5.73 Å². The Morgan fingerprint density at radius 1 is 1.41 bits per heavy atom. The summed E-state index contributed by atoms with van der Waals surface area (Å²) in [5.41, 5.74) is 8.05. The second-order valence-corrected chi connectivity index (χ2v) is 5.05. The molecule has 0 spiro atoms. The average Bonchev–Trinajstić information content (AvgIpc) is 2.55. The predicted molar refractivity (Wildman–Crippen MR) is 67.1 cm³/mol. The number of hydrogen-bond donors (Lipinski definition) is 1. The van der Waals surface area contributed by atoms with E-state index in [1.165, 1.54) is 25.3 Å². The summed E-state index contributed by atoms with van der Waals surface area (Å²) >= 11 is 0. The Morgan fingerprint density at radius 3 is 2.82 bits per heavy atom. The zero-order valence-corrected chi connectivity index (χ0v) is 9.99. The number of halogens is 1. The standard InChI is InChI=1S/C14H17FN2/c1-17-8-11(13(16)9-4-2-5-9)10-6-3-7-12(15)14(10)17/h3,6-9,13H,2,4-5,16H2,1H3. The summed E-state index contributed by atoms with van der Waals surface area (Å²) in [6.45, 7) is 0. The van der Waals surface area contributed by atoms with Gasteiger partial charge in [0.25, 0.3) is 0 Å². The van der Waals surface area contributed by atoms with Gasteiger partial charge in [-0.3, -0.25) is 0 Å². The molecule has 1 aliphatic carbocycles. The molecule has 1 aromatic heterocycles. The number of nitrogens with two attached hydrogens (primary N) is 1. The van der Waals surface area contributed by atoms with E-state index in [-0.39, 0.29) is 11.9 Å². The topological polar surface area (TPSA) is 30.9 Å². The molecule has 1 aliphatic rings. The Labute approximate surface area is 100 Å². The van der Waals surface area contributed by atoms with E-state index in [9.17, 15) is 4.39 Å². The van der Waals surface area contributed by atoms with Gasteiger partial charge in [-0.15, -0.1) is 0 Å². The molecule has 0 amide bonds. The lowest BCUT2D eigenvalue weighted by Crippen LogP contribution is -2.26. The lowest BCUT2D eigenvalue weighted by atomic mass is 9.77. The summed E-state index contributed by atoms with van der Waals surface area (Å²) in [6.07, 6.45) is 5.66. The summed E-state index contributed by atoms with van der Waals surface area (Å²) < 4.78 is 15.6. The first-order valence-corrected chi connectivity index (χ1v) is 6.17. The molecule has 2 nitrogen and oxygen atoms in total. The number of para-hydroxylation sites is 1. The van der Waals surface area contributed by atoms with Crippen molar-refractivity contribution in [3.63, 3.8) is 0 Å². The monoisotopic (exact) mass is 232 g/mol. The van der Waals surface area contributed by atoms with Crippen LogP contribution in [0.25, 0.3) is 10.9 Å². The Hall–Kier alpha value is -1.35. The van der Waals surface area contributed by atoms with E-state index in [1.807, 2.05) is 23.9 Å². The van der Waals surface area contributed by atoms with Crippen LogP contribution in [0.4, 0.5) is 4.39 Å². The Morgan fingerprint density at radius 2 is 2.18 bits per heavy atom. The lowest BCUT2D eigenvalue weighted by Gasteiger charge is -2.31. The van der Waals surface area contributed by atoms with E-state index in [0.29, 0.717) is 11.4 Å². The van der Waals surface area contributed by atoms with E-state index < -0.39 is 0 Å². The molecule has 0 saturated heterocycles. The van der Waals surface area contributed by atoms with Gasteiger partial charge in [0, 0.05) is 24.7 Å². The molecule has 90 valence electrons. The molecule has 1 atom stereocenters. The van der Waals surface area contributed by atoms with E-state index in [0.717, 1.165) is 10.9 Å². The van der Waals surface area contributed by atoms with Crippen LogP contribution in [0.2, 0.25) is 0 Å². The highest BCUT2D eigenvalue weighted by Crippen LogP contribution is 2.39. The van der Waals surface area contributed by atoms with Crippen molar-refractivity contribution in [2.75, 3.05) is 0 Å². The summed E-state index contributed by atoms with van der Waals surface area (Å²) in [7, 11) is 1.88. The quantitative estimate of drug-likeness (QED) is 0.847. The van der Waals surface area contributed by atoms with Crippen LogP contribution in [-0.2, 0) is 7.05 Å². The number of aromatic nitrogens is 1. The molecule has 1 unspecified atom stereocenters. The van der Waals surface area contributed by atoms with Gasteiger partial charge in [-0.05, 0) is 30.4 Å². The van der Waals surface area contributed by atoms with E-state index in [2.05, 4.69) is 0 Å². The van der Waals surface area contributed by atoms with E-state index in [1.54, 1.807) is 6.07 Å². The minimum atomic E-state index is -0.169. The number of aryl methyl sites for hydroxylation is 1. The third-order valence-electron chi connectivity index (χ3n) is 4.00. The van der Waals surface area contributed by atoms with Crippen molar-refractivity contribution in [1.82, 2.24) is 4.57 Å². The number of rotatable bonds is 2. The van der Waals surface area contributed by atoms with Crippen molar-refractivity contribution in [1.29, 1.82) is 0 Å². The van der Waals surface area contributed by atoms with Crippen molar-refractivity contribution in [3.05, 3.63) is 35.8 Å². The summed E-state index contributed by atoms with van der Waals surface area (Å²) in [4.78, 5) is 0. The molecule has 1 aromatic carbocycles. The average molecular weight is 232 g/mol. The maximum Gasteiger partial charge on any atom is 0.147 e. The van der Waals surface area contributed by atoms with Crippen LogP contribution in [0.5, 0.6) is 0 Å². The Balaban J connectivity index is 2.13. The van der Waals surface area contributed by atoms with Crippen molar-refractivity contribution in [3.8, 4) is 0 Å². The first-order valence-electron chi connectivity index (χ1n) is 6.17. The van der Waals surface area contributed by atoms with Gasteiger partial charge in [-0.2, -0.15) is 0 Å². The van der Waals surface area contributed by atoms with Gasteiger partial charge in [0.2, 0.25) is 0 Å². The summed E-state index contributed by atoms with van der Waals surface area (Å²) in [5.74, 6) is 0.404. The fourth-order valence-electron chi connectivity index (χ4n) is 2.77. The largest absolute Gasteiger partial charge is 0.348 e. The molecular weight excluding hydrogens is 215 g/mol. The number of fused-ring (bicyclic) bond motifs is 1. The molecule has 3 heteroatoms. The fourth-order valence-corrected chi connectivity index (χ4v) is 2.77. The molecule has 3 rings (SSSR count). The molecule has 0 aliphatic heterocycles. The highest BCUT2D eigenvalue weighted by molar-refractivity contribution is 5.85. The second kappa shape index (κ2) is 3.84. The highest BCUT2D eigenvalue weighted by Gasteiger charge is 2.27. The van der Waals surface area contributed by atoms with Crippen LogP contribution >= 0.6 is 0 Å². The van der Waals surface area contributed by atoms with Gasteiger partial charge in [0.15, 0.2) is 0 Å². The van der Waals surface area contributed by atoms with Gasteiger partial charge in [0.1, 0.15) is 5.82 Å². The summed E-state index contributed by atoms with van der Waals surface area (Å²) in [6, 6.07) is 5.27. The van der Waals surface area contributed by atoms with Crippen LogP contribution in [0.1, 0.15) is 30.9 Å². The molecular formula is C14H17FN2. The first kappa shape index (κ1) is 10.8. The third-order valence-corrected chi connectivity index (χ3v) is 4.00. The molecule has 17 heavy (non-hydrogen) atoms. The van der Waals surface area contributed by atoms with Crippen molar-refractivity contribution < 1.29 is 4.39 Å². The maximum absolute atomic E-state index is 13.8. The third kappa shape index (κ3) is 1.57. The molecule has 1 saturated carbocycles. The SMILES string of the molecule is Cn1cc(C(N)C2CCC2)c2cccc(F)c21. The Kier molecular flexibility index (Phi) is 2.44. The van der Waals surface area contributed by atoms with Crippen molar-refractivity contribution in [2.24, 2.45) is 18.7 Å². The number of hydrogen-bond acceptors (Lipinski definition) is 1. The maximum atomic E-state index is 13.8. The summed E-state index contributed by atoms with van der Waals surface area (Å²) in [5, 5.41) is 0.965. The number of nitrogens with zero attached hydrogens (tertiary/aromatic N) is 1. The first-order chi connectivity index (χ1) is 8.18. The van der Waals surface area contributed by atoms with Gasteiger partial charge in [-0.1, -0.05) is 18.6 Å². The number of benzene rings is 1. The molecule has 0 radical (unpaired) electrons. The van der Waals surface area contributed by atoms with Crippen LogP contribution in [0.3, 0.4) is 0 Å². The van der Waals surface area contributed by atoms with Crippen molar-refractivity contribution >= 4 is 10.9 Å². The van der Waals surface area contributed by atoms with Crippen LogP contribution in [0.15, 0.2) is 24.4 Å². The highest BCUT2D eigenvalue weighted by atomic mass is 19.1. The molecule has 1 heterocycles. The second-order valence-electron chi connectivity index (χ2n) is 5.05. The predicted octanol–water partition coefficient (Wildman–Crippen LogP) is 3.12. The normalized spacial score (nSPS) is 18.3. The molecule has 0 bridgehead atoms.